The van der Waals surface area contributed by atoms with Crippen LogP contribution in [0.1, 0.15) is 16.7 Å². The molecule has 0 amide bonds. The maximum absolute atomic E-state index is 13.5. The third-order valence-corrected chi connectivity index (χ3v) is 2.94. The highest BCUT2D eigenvalue weighted by molar-refractivity contribution is 6.31. The van der Waals surface area contributed by atoms with Gasteiger partial charge in [-0.2, -0.15) is 10.5 Å². The monoisotopic (exact) mass is 286 g/mol. The molecule has 0 saturated heterocycles. The number of nitriles is 2. The second kappa shape index (κ2) is 6.06. The first kappa shape index (κ1) is 13.9. The molecule has 98 valence electrons. The fourth-order valence-corrected chi connectivity index (χ4v) is 1.81. The average Bonchev–Trinajstić information content (AvgIpc) is 2.46. The maximum Gasteiger partial charge on any atom is 0.129 e. The molecule has 0 unspecified atom stereocenters. The van der Waals surface area contributed by atoms with E-state index in [0.29, 0.717) is 16.9 Å². The van der Waals surface area contributed by atoms with Gasteiger partial charge in [-0.15, -0.1) is 0 Å². The summed E-state index contributed by atoms with van der Waals surface area (Å²) in [6, 6.07) is 12.5. The van der Waals surface area contributed by atoms with Crippen LogP contribution in [-0.4, -0.2) is 0 Å². The Kier molecular flexibility index (Phi) is 4.20. The molecule has 0 heterocycles. The van der Waals surface area contributed by atoms with E-state index < -0.39 is 5.82 Å². The van der Waals surface area contributed by atoms with Gasteiger partial charge < -0.3 is 4.74 Å². The predicted octanol–water partition coefficient (Wildman–Crippen LogP) is 3.80. The van der Waals surface area contributed by atoms with Gasteiger partial charge in [0.15, 0.2) is 0 Å². The number of rotatable bonds is 3. The molecular weight excluding hydrogens is 279 g/mol. The van der Waals surface area contributed by atoms with Gasteiger partial charge in [0.1, 0.15) is 24.2 Å². The minimum Gasteiger partial charge on any atom is -0.489 e. The molecule has 5 heteroatoms. The first-order chi connectivity index (χ1) is 9.63. The van der Waals surface area contributed by atoms with E-state index in [1.54, 1.807) is 6.07 Å². The standard InChI is InChI=1S/C15H8ClFN2O/c16-14-6-13(3-2-11(14)8-19)20-9-12-5-10(7-18)1-4-15(12)17/h1-6H,9H2. The third kappa shape index (κ3) is 3.06. The SMILES string of the molecule is N#Cc1ccc(F)c(COc2ccc(C#N)c(Cl)c2)c1. The number of hydrogen-bond donors (Lipinski definition) is 0. The Morgan fingerprint density at radius 1 is 1.10 bits per heavy atom. The van der Waals surface area contributed by atoms with E-state index in [4.69, 9.17) is 26.9 Å². The predicted molar refractivity (Wildman–Crippen MR) is 71.6 cm³/mol. The Morgan fingerprint density at radius 2 is 1.90 bits per heavy atom. The highest BCUT2D eigenvalue weighted by atomic mass is 35.5. The van der Waals surface area contributed by atoms with Crippen LogP contribution >= 0.6 is 11.6 Å². The van der Waals surface area contributed by atoms with Crippen molar-refractivity contribution >= 4 is 11.6 Å². The average molecular weight is 287 g/mol. The Labute approximate surface area is 120 Å². The highest BCUT2D eigenvalue weighted by Gasteiger charge is 2.06. The highest BCUT2D eigenvalue weighted by Crippen LogP contribution is 2.23. The molecule has 0 saturated carbocycles. The second-order valence-corrected chi connectivity index (χ2v) is 4.37. The van der Waals surface area contributed by atoms with Crippen LogP contribution in [0.2, 0.25) is 5.02 Å². The number of halogens is 2. The quantitative estimate of drug-likeness (QED) is 0.862. The van der Waals surface area contributed by atoms with Crippen LogP contribution in [0, 0.1) is 28.5 Å². The summed E-state index contributed by atoms with van der Waals surface area (Å²) in [6.45, 7) is -0.0242. The van der Waals surface area contributed by atoms with Crippen LogP contribution in [-0.2, 0) is 6.61 Å². The second-order valence-electron chi connectivity index (χ2n) is 3.96. The van der Waals surface area contributed by atoms with E-state index >= 15 is 0 Å². The Balaban J connectivity index is 2.15. The van der Waals surface area contributed by atoms with Crippen molar-refractivity contribution in [2.45, 2.75) is 6.61 Å². The van der Waals surface area contributed by atoms with Gasteiger partial charge in [0.2, 0.25) is 0 Å². The minimum atomic E-state index is -0.441. The molecule has 0 aliphatic heterocycles. The summed E-state index contributed by atoms with van der Waals surface area (Å²) in [4.78, 5) is 0. The lowest BCUT2D eigenvalue weighted by Gasteiger charge is -2.08. The van der Waals surface area contributed by atoms with E-state index in [2.05, 4.69) is 0 Å². The van der Waals surface area contributed by atoms with Gasteiger partial charge in [-0.05, 0) is 30.3 Å². The van der Waals surface area contributed by atoms with Crippen LogP contribution in [0.25, 0.3) is 0 Å². The number of benzene rings is 2. The zero-order valence-electron chi connectivity index (χ0n) is 10.2. The summed E-state index contributed by atoms with van der Waals surface area (Å²) >= 11 is 5.87. The van der Waals surface area contributed by atoms with Crippen LogP contribution in [0.15, 0.2) is 36.4 Å². The Bertz CT molecular complexity index is 732. The van der Waals surface area contributed by atoms with E-state index in [0.717, 1.165) is 0 Å². The molecular formula is C15H8ClFN2O. The van der Waals surface area contributed by atoms with Crippen molar-refractivity contribution in [1.29, 1.82) is 10.5 Å². The molecule has 0 atom stereocenters. The lowest BCUT2D eigenvalue weighted by atomic mass is 10.1. The van der Waals surface area contributed by atoms with Gasteiger partial charge in [-0.3, -0.25) is 0 Å². The van der Waals surface area contributed by atoms with Gasteiger partial charge in [-0.25, -0.2) is 4.39 Å². The number of nitrogens with zero attached hydrogens (tertiary/aromatic N) is 2. The zero-order valence-corrected chi connectivity index (χ0v) is 11.0. The van der Waals surface area contributed by atoms with Crippen molar-refractivity contribution in [3.05, 3.63) is 63.9 Å². The minimum absolute atomic E-state index is 0.0242. The molecule has 2 aromatic carbocycles. The Hall–Kier alpha value is -2.56. The molecule has 0 aliphatic rings. The number of hydrogen-bond acceptors (Lipinski definition) is 3. The van der Waals surface area contributed by atoms with Gasteiger partial charge in [-0.1, -0.05) is 11.6 Å². The van der Waals surface area contributed by atoms with Crippen molar-refractivity contribution in [2.24, 2.45) is 0 Å². The smallest absolute Gasteiger partial charge is 0.129 e. The van der Waals surface area contributed by atoms with Gasteiger partial charge in [0.25, 0.3) is 0 Å². The summed E-state index contributed by atoms with van der Waals surface area (Å²) in [5.41, 5.74) is 0.990. The van der Waals surface area contributed by atoms with Crippen molar-refractivity contribution < 1.29 is 9.13 Å². The fourth-order valence-electron chi connectivity index (χ4n) is 1.59. The van der Waals surface area contributed by atoms with Crippen molar-refractivity contribution in [3.63, 3.8) is 0 Å². The van der Waals surface area contributed by atoms with Crippen LogP contribution in [0.5, 0.6) is 5.75 Å². The molecule has 2 aromatic rings. The molecule has 0 fully saturated rings. The molecule has 0 N–H and O–H groups in total. The normalized spacial score (nSPS) is 9.60. The van der Waals surface area contributed by atoms with Crippen molar-refractivity contribution in [3.8, 4) is 17.9 Å². The topological polar surface area (TPSA) is 56.8 Å². The largest absolute Gasteiger partial charge is 0.489 e. The van der Waals surface area contributed by atoms with E-state index in [1.807, 2.05) is 12.1 Å². The molecule has 20 heavy (non-hydrogen) atoms. The zero-order chi connectivity index (χ0) is 14.5. The molecule has 0 radical (unpaired) electrons. The van der Waals surface area contributed by atoms with Crippen LogP contribution < -0.4 is 4.74 Å². The Morgan fingerprint density at radius 3 is 2.55 bits per heavy atom. The van der Waals surface area contributed by atoms with Crippen molar-refractivity contribution in [2.75, 3.05) is 0 Å². The fraction of sp³-hybridized carbons (Fsp3) is 0.0667. The summed E-state index contributed by atoms with van der Waals surface area (Å²) in [5.74, 6) is -0.0143. The van der Waals surface area contributed by atoms with Crippen molar-refractivity contribution in [1.82, 2.24) is 0 Å². The first-order valence-electron chi connectivity index (χ1n) is 5.65. The van der Waals surface area contributed by atoms with Crippen LogP contribution in [0.3, 0.4) is 0 Å². The molecule has 2 rings (SSSR count). The lowest BCUT2D eigenvalue weighted by molar-refractivity contribution is 0.300. The maximum atomic E-state index is 13.5. The first-order valence-corrected chi connectivity index (χ1v) is 6.03. The van der Waals surface area contributed by atoms with Crippen LogP contribution in [0.4, 0.5) is 4.39 Å². The third-order valence-electron chi connectivity index (χ3n) is 2.63. The van der Waals surface area contributed by atoms with Gasteiger partial charge in [0, 0.05) is 11.6 Å². The molecule has 3 nitrogen and oxygen atoms in total. The van der Waals surface area contributed by atoms with Gasteiger partial charge >= 0.3 is 0 Å². The molecule has 0 aliphatic carbocycles. The summed E-state index contributed by atoms with van der Waals surface area (Å²) < 4.78 is 19.0. The van der Waals surface area contributed by atoms with E-state index in [-0.39, 0.29) is 17.2 Å². The summed E-state index contributed by atoms with van der Waals surface area (Å²) in [7, 11) is 0. The summed E-state index contributed by atoms with van der Waals surface area (Å²) in [5, 5.41) is 17.8. The molecule has 0 bridgehead atoms. The van der Waals surface area contributed by atoms with E-state index in [9.17, 15) is 4.39 Å². The lowest BCUT2D eigenvalue weighted by Crippen LogP contribution is -1.99. The molecule has 0 spiro atoms. The van der Waals surface area contributed by atoms with E-state index in [1.165, 1.54) is 30.3 Å². The summed E-state index contributed by atoms with van der Waals surface area (Å²) in [6.07, 6.45) is 0. The number of ether oxygens (including phenoxy) is 1. The van der Waals surface area contributed by atoms with Gasteiger partial charge in [0.05, 0.1) is 22.2 Å². The molecule has 0 aromatic heterocycles.